The first kappa shape index (κ1) is 15.8. The molecule has 0 aromatic carbocycles. The van der Waals surface area contributed by atoms with Crippen molar-refractivity contribution in [3.8, 4) is 0 Å². The second-order valence-corrected chi connectivity index (χ2v) is 7.39. The van der Waals surface area contributed by atoms with Crippen LogP contribution in [0.3, 0.4) is 0 Å². The number of amides is 1. The van der Waals surface area contributed by atoms with E-state index in [1.165, 1.54) is 32.1 Å². The van der Waals surface area contributed by atoms with E-state index in [1.54, 1.807) is 0 Å². The van der Waals surface area contributed by atoms with Crippen LogP contribution in [0.2, 0.25) is 0 Å². The third-order valence-corrected chi connectivity index (χ3v) is 5.27. The molecule has 1 saturated carbocycles. The Morgan fingerprint density at radius 3 is 2.50 bits per heavy atom. The zero-order chi connectivity index (χ0) is 14.8. The van der Waals surface area contributed by atoms with Gasteiger partial charge >= 0.3 is 0 Å². The van der Waals surface area contributed by atoms with Crippen molar-refractivity contribution in [3.05, 3.63) is 0 Å². The molecule has 1 heterocycles. The minimum atomic E-state index is 0.113. The standard InChI is InChI=1S/C16H31N3O/c1-16(2)12-19(10-9-14(16)17)11-15(20)18(3)13-7-5-4-6-8-13/h13-14H,4-12,17H2,1-3H3. The number of nitrogens with zero attached hydrogens (tertiary/aromatic N) is 2. The van der Waals surface area contributed by atoms with Crippen molar-refractivity contribution >= 4 is 5.91 Å². The molecule has 1 aliphatic carbocycles. The maximum atomic E-state index is 12.5. The van der Waals surface area contributed by atoms with E-state index in [-0.39, 0.29) is 17.4 Å². The van der Waals surface area contributed by atoms with Crippen LogP contribution in [0.5, 0.6) is 0 Å². The van der Waals surface area contributed by atoms with E-state index in [0.29, 0.717) is 12.6 Å². The highest BCUT2D eigenvalue weighted by Gasteiger charge is 2.34. The van der Waals surface area contributed by atoms with E-state index in [1.807, 2.05) is 11.9 Å². The molecule has 2 N–H and O–H groups in total. The minimum Gasteiger partial charge on any atom is -0.342 e. The molecular weight excluding hydrogens is 250 g/mol. The van der Waals surface area contributed by atoms with Gasteiger partial charge < -0.3 is 10.6 Å². The highest BCUT2D eigenvalue weighted by Crippen LogP contribution is 2.28. The van der Waals surface area contributed by atoms with Crippen LogP contribution < -0.4 is 5.73 Å². The summed E-state index contributed by atoms with van der Waals surface area (Å²) < 4.78 is 0. The molecule has 0 aromatic rings. The number of carbonyl (C=O) groups excluding carboxylic acids is 1. The van der Waals surface area contributed by atoms with Crippen LogP contribution in [0.15, 0.2) is 0 Å². The van der Waals surface area contributed by atoms with E-state index in [2.05, 4.69) is 18.7 Å². The number of hydrogen-bond acceptors (Lipinski definition) is 3. The maximum Gasteiger partial charge on any atom is 0.236 e. The Balaban J connectivity index is 1.84. The monoisotopic (exact) mass is 281 g/mol. The normalized spacial score (nSPS) is 28.3. The fourth-order valence-corrected chi connectivity index (χ4v) is 3.59. The van der Waals surface area contributed by atoms with Crippen molar-refractivity contribution in [1.29, 1.82) is 0 Å². The second kappa shape index (κ2) is 6.44. The summed E-state index contributed by atoms with van der Waals surface area (Å²) in [5, 5.41) is 0. The van der Waals surface area contributed by atoms with Crippen molar-refractivity contribution in [2.24, 2.45) is 11.1 Å². The summed E-state index contributed by atoms with van der Waals surface area (Å²) in [4.78, 5) is 16.7. The van der Waals surface area contributed by atoms with Crippen molar-refractivity contribution < 1.29 is 4.79 Å². The zero-order valence-corrected chi connectivity index (χ0v) is 13.4. The van der Waals surface area contributed by atoms with Gasteiger partial charge in [-0.3, -0.25) is 9.69 Å². The molecular formula is C16H31N3O. The Hall–Kier alpha value is -0.610. The Morgan fingerprint density at radius 1 is 1.25 bits per heavy atom. The van der Waals surface area contributed by atoms with E-state index < -0.39 is 0 Å². The van der Waals surface area contributed by atoms with Crippen molar-refractivity contribution in [2.45, 2.75) is 64.5 Å². The fourth-order valence-electron chi connectivity index (χ4n) is 3.59. The molecule has 116 valence electrons. The summed E-state index contributed by atoms with van der Waals surface area (Å²) in [5.74, 6) is 0.281. The molecule has 2 aliphatic rings. The van der Waals surface area contributed by atoms with Crippen LogP contribution in [-0.4, -0.2) is 54.5 Å². The van der Waals surface area contributed by atoms with Gasteiger partial charge in [0.25, 0.3) is 0 Å². The molecule has 20 heavy (non-hydrogen) atoms. The van der Waals surface area contributed by atoms with Crippen molar-refractivity contribution in [1.82, 2.24) is 9.80 Å². The fraction of sp³-hybridized carbons (Fsp3) is 0.938. The van der Waals surface area contributed by atoms with Gasteiger partial charge in [0.15, 0.2) is 0 Å². The van der Waals surface area contributed by atoms with Gasteiger partial charge in [0.1, 0.15) is 0 Å². The molecule has 0 bridgehead atoms. The average Bonchev–Trinajstić information content (AvgIpc) is 2.42. The summed E-state index contributed by atoms with van der Waals surface area (Å²) in [5.41, 5.74) is 6.27. The summed E-state index contributed by atoms with van der Waals surface area (Å²) in [6.45, 7) is 6.86. The summed E-state index contributed by atoms with van der Waals surface area (Å²) in [6, 6.07) is 0.723. The van der Waals surface area contributed by atoms with Crippen LogP contribution in [-0.2, 0) is 4.79 Å². The zero-order valence-electron chi connectivity index (χ0n) is 13.4. The molecule has 1 unspecified atom stereocenters. The van der Waals surface area contributed by atoms with Crippen LogP contribution in [0.4, 0.5) is 0 Å². The van der Waals surface area contributed by atoms with Gasteiger partial charge in [-0.05, 0) is 24.7 Å². The highest BCUT2D eigenvalue weighted by molar-refractivity contribution is 5.78. The Morgan fingerprint density at radius 2 is 1.90 bits per heavy atom. The van der Waals surface area contributed by atoms with Gasteiger partial charge in [-0.15, -0.1) is 0 Å². The number of likely N-dealkylation sites (N-methyl/N-ethyl adjacent to an activating group) is 1. The predicted molar refractivity (Wildman–Crippen MR) is 82.5 cm³/mol. The number of rotatable bonds is 3. The van der Waals surface area contributed by atoms with Crippen LogP contribution in [0, 0.1) is 5.41 Å². The summed E-state index contributed by atoms with van der Waals surface area (Å²) in [7, 11) is 1.99. The SMILES string of the molecule is CN(C(=O)CN1CCC(N)C(C)(C)C1)C1CCCCC1. The lowest BCUT2D eigenvalue weighted by atomic mass is 9.80. The lowest BCUT2D eigenvalue weighted by molar-refractivity contribution is -0.134. The van der Waals surface area contributed by atoms with Gasteiger partial charge in [-0.2, -0.15) is 0 Å². The Bertz CT molecular complexity index is 337. The average molecular weight is 281 g/mol. The molecule has 2 fully saturated rings. The topological polar surface area (TPSA) is 49.6 Å². The molecule has 4 heteroatoms. The summed E-state index contributed by atoms with van der Waals surface area (Å²) >= 11 is 0. The summed E-state index contributed by atoms with van der Waals surface area (Å²) in [6.07, 6.45) is 7.23. The van der Waals surface area contributed by atoms with E-state index in [9.17, 15) is 4.79 Å². The first-order valence-electron chi connectivity index (χ1n) is 8.14. The largest absolute Gasteiger partial charge is 0.342 e. The third-order valence-electron chi connectivity index (χ3n) is 5.27. The maximum absolute atomic E-state index is 12.5. The Kier molecular flexibility index (Phi) is 5.08. The molecule has 1 saturated heterocycles. The van der Waals surface area contributed by atoms with Gasteiger partial charge in [0, 0.05) is 32.2 Å². The van der Waals surface area contributed by atoms with Crippen molar-refractivity contribution in [3.63, 3.8) is 0 Å². The molecule has 1 amide bonds. The predicted octanol–water partition coefficient (Wildman–Crippen LogP) is 1.84. The number of piperidine rings is 1. The van der Waals surface area contributed by atoms with E-state index in [0.717, 1.165) is 19.5 Å². The molecule has 2 rings (SSSR count). The first-order chi connectivity index (χ1) is 9.40. The van der Waals surface area contributed by atoms with Gasteiger partial charge in [-0.1, -0.05) is 33.1 Å². The number of nitrogens with two attached hydrogens (primary N) is 1. The van der Waals surface area contributed by atoms with E-state index >= 15 is 0 Å². The smallest absolute Gasteiger partial charge is 0.236 e. The lowest BCUT2D eigenvalue weighted by Crippen LogP contribution is -2.54. The van der Waals surface area contributed by atoms with Gasteiger partial charge in [-0.25, -0.2) is 0 Å². The lowest BCUT2D eigenvalue weighted by Gasteiger charge is -2.43. The molecule has 0 radical (unpaired) electrons. The van der Waals surface area contributed by atoms with Gasteiger partial charge in [0.2, 0.25) is 5.91 Å². The Labute approximate surface area is 123 Å². The van der Waals surface area contributed by atoms with E-state index in [4.69, 9.17) is 5.73 Å². The van der Waals surface area contributed by atoms with Crippen LogP contribution in [0.1, 0.15) is 52.4 Å². The number of carbonyl (C=O) groups is 1. The van der Waals surface area contributed by atoms with Crippen LogP contribution in [0.25, 0.3) is 0 Å². The molecule has 0 aromatic heterocycles. The highest BCUT2D eigenvalue weighted by atomic mass is 16.2. The molecule has 1 aliphatic heterocycles. The molecule has 4 nitrogen and oxygen atoms in total. The quantitative estimate of drug-likeness (QED) is 0.858. The molecule has 1 atom stereocenters. The number of hydrogen-bond donors (Lipinski definition) is 1. The molecule has 0 spiro atoms. The number of likely N-dealkylation sites (tertiary alicyclic amines) is 1. The van der Waals surface area contributed by atoms with Gasteiger partial charge in [0.05, 0.1) is 6.54 Å². The first-order valence-corrected chi connectivity index (χ1v) is 8.14. The van der Waals surface area contributed by atoms with Crippen LogP contribution >= 0.6 is 0 Å². The minimum absolute atomic E-state index is 0.113. The third kappa shape index (κ3) is 3.73. The van der Waals surface area contributed by atoms with Crippen molar-refractivity contribution in [2.75, 3.05) is 26.7 Å². The second-order valence-electron chi connectivity index (χ2n) is 7.39.